The number of unbranched alkanes of at least 4 members (excludes halogenated alkanes) is 1. The number of aliphatic carboxylic acids is 4. The Morgan fingerprint density at radius 2 is 1.36 bits per heavy atom. The van der Waals surface area contributed by atoms with Crippen LogP contribution in [0.25, 0.3) is 0 Å². The number of alkyl halides is 3. The minimum absolute atomic E-state index is 0.0988. The third-order valence-electron chi connectivity index (χ3n) is 4.82. The van der Waals surface area contributed by atoms with Crippen LogP contribution in [0.4, 0.5) is 13.2 Å². The van der Waals surface area contributed by atoms with Gasteiger partial charge in [-0.15, -0.1) is 0 Å². The van der Waals surface area contributed by atoms with E-state index in [4.69, 9.17) is 42.4 Å². The van der Waals surface area contributed by atoms with Crippen molar-refractivity contribution in [1.82, 2.24) is 0 Å². The van der Waals surface area contributed by atoms with Crippen LogP contribution >= 0.6 is 0 Å². The van der Waals surface area contributed by atoms with Crippen LogP contribution in [-0.4, -0.2) is 68.6 Å². The zero-order valence-corrected chi connectivity index (χ0v) is 19.0. The summed E-state index contributed by atoms with van der Waals surface area (Å²) in [4.78, 5) is 41.5. The van der Waals surface area contributed by atoms with Gasteiger partial charge in [-0.3, -0.25) is 14.4 Å². The van der Waals surface area contributed by atoms with E-state index in [-0.39, 0.29) is 25.0 Å². The van der Waals surface area contributed by atoms with E-state index in [9.17, 15) is 32.7 Å². The molecular weight excluding hydrogens is 497 g/mol. The Hall–Kier alpha value is -3.50. The summed E-state index contributed by atoms with van der Waals surface area (Å²) in [5.74, 6) is -6.59. The van der Waals surface area contributed by atoms with Crippen molar-refractivity contribution >= 4 is 23.9 Å². The van der Waals surface area contributed by atoms with Gasteiger partial charge < -0.3 is 47.5 Å². The summed E-state index contributed by atoms with van der Waals surface area (Å²) in [6.07, 6.45) is -0.397. The largest absolute Gasteiger partial charge is 0.542 e. The van der Waals surface area contributed by atoms with E-state index in [0.29, 0.717) is 36.9 Å². The molecule has 0 bridgehead atoms. The van der Waals surface area contributed by atoms with Gasteiger partial charge in [0.05, 0.1) is 0 Å². The second-order valence-corrected chi connectivity index (χ2v) is 7.74. The number of hydrogen-bond acceptors (Lipinski definition) is 9. The van der Waals surface area contributed by atoms with Crippen molar-refractivity contribution in [3.8, 4) is 5.75 Å². The summed E-state index contributed by atoms with van der Waals surface area (Å²) in [6.45, 7) is 0.461. The molecule has 204 valence electrons. The highest BCUT2D eigenvalue weighted by Gasteiger charge is 2.29. The van der Waals surface area contributed by atoms with Crippen molar-refractivity contribution in [3.63, 3.8) is 0 Å². The number of aromatic nitrogens is 1. The summed E-state index contributed by atoms with van der Waals surface area (Å²) in [6, 6.07) is -3.24. The quantitative estimate of drug-likeness (QED) is 0.107. The molecule has 0 unspecified atom stereocenters. The molecule has 0 radical (unpaired) electrons. The number of carboxylic acids is 4. The van der Waals surface area contributed by atoms with Crippen molar-refractivity contribution in [2.24, 2.45) is 17.2 Å². The number of nitrogens with two attached hydrogens (primary N) is 3. The number of carbonyl (C=O) groups excluding carboxylic acids is 1. The van der Waals surface area contributed by atoms with Gasteiger partial charge in [0, 0.05) is 24.0 Å². The molecule has 0 fully saturated rings. The molecule has 1 rings (SSSR count). The van der Waals surface area contributed by atoms with Gasteiger partial charge in [-0.05, 0) is 25.7 Å². The maximum Gasteiger partial charge on any atom is 0.430 e. The monoisotopic (exact) mass is 526 g/mol. The fourth-order valence-corrected chi connectivity index (χ4v) is 2.82. The van der Waals surface area contributed by atoms with E-state index < -0.39 is 48.2 Å². The van der Waals surface area contributed by atoms with Crippen LogP contribution in [0.3, 0.4) is 0 Å². The summed E-state index contributed by atoms with van der Waals surface area (Å²) >= 11 is 0. The number of aromatic hydroxyl groups is 1. The topological polar surface area (TPSA) is 254 Å². The Morgan fingerprint density at radius 1 is 0.889 bits per heavy atom. The molecule has 0 aliphatic rings. The fraction of sp³-hybridized carbons (Fsp3) is 0.550. The zero-order chi connectivity index (χ0) is 28.2. The molecule has 1 aromatic rings. The number of halogens is 3. The first-order chi connectivity index (χ1) is 16.5. The number of carboxylic acid groups (broad SMARTS) is 4. The standard InChI is InChI=1S/C18H28N4O7.C2HF3O2/c19-12(16(24)25)3-1-2-6-22-8-10(4-5-13(20)17(26)27)11(15(23)9-22)7-14(21)18(28)29;3-2(4,5)1(6)7/h8-9,12-14H,1-7,19-21H2,(H3-,23,24,25,26,27,28,29);(H,6,7)/t12-,13-,14-;/m0./s1. The molecule has 0 aromatic carbocycles. The van der Waals surface area contributed by atoms with Crippen LogP contribution in [0.5, 0.6) is 5.75 Å². The summed E-state index contributed by atoms with van der Waals surface area (Å²) < 4.78 is 33.2. The molecule has 1 aromatic heterocycles. The average molecular weight is 526 g/mol. The van der Waals surface area contributed by atoms with E-state index in [0.717, 1.165) is 0 Å². The predicted octanol–water partition coefficient (Wildman–Crippen LogP) is -2.14. The van der Waals surface area contributed by atoms with Gasteiger partial charge in [-0.1, -0.05) is 0 Å². The van der Waals surface area contributed by atoms with Crippen molar-refractivity contribution in [3.05, 3.63) is 23.5 Å². The third-order valence-corrected chi connectivity index (χ3v) is 4.82. The summed E-state index contributed by atoms with van der Waals surface area (Å²) in [5, 5.41) is 45.9. The molecule has 10 N–H and O–H groups in total. The highest BCUT2D eigenvalue weighted by Crippen LogP contribution is 2.22. The van der Waals surface area contributed by atoms with E-state index in [1.807, 2.05) is 0 Å². The maximum atomic E-state index is 11.1. The van der Waals surface area contributed by atoms with Crippen LogP contribution in [0.15, 0.2) is 12.4 Å². The molecule has 3 atom stereocenters. The number of carbonyl (C=O) groups is 4. The smallest absolute Gasteiger partial charge is 0.430 e. The summed E-state index contributed by atoms with van der Waals surface area (Å²) in [7, 11) is 0. The number of hydrogen-bond donors (Lipinski definition) is 7. The van der Waals surface area contributed by atoms with Gasteiger partial charge in [0.15, 0.2) is 11.9 Å². The molecule has 0 saturated carbocycles. The predicted molar refractivity (Wildman–Crippen MR) is 112 cm³/mol. The van der Waals surface area contributed by atoms with Crippen LogP contribution in [-0.2, 0) is 38.6 Å². The molecule has 1 heterocycles. The van der Waals surface area contributed by atoms with E-state index >= 15 is 0 Å². The molecule has 0 aliphatic heterocycles. The Bertz CT molecular complexity index is 928. The van der Waals surface area contributed by atoms with Gasteiger partial charge in [-0.25, -0.2) is 4.57 Å². The van der Waals surface area contributed by atoms with Crippen molar-refractivity contribution < 1.29 is 62.4 Å². The average Bonchev–Trinajstić information content (AvgIpc) is 2.75. The molecule has 16 heteroatoms. The number of nitrogens with zero attached hydrogens (tertiary/aromatic N) is 1. The lowest BCUT2D eigenvalue weighted by Crippen LogP contribution is -2.37. The molecule has 0 amide bonds. The highest BCUT2D eigenvalue weighted by atomic mass is 19.4. The molecule has 0 spiro atoms. The van der Waals surface area contributed by atoms with Crippen LogP contribution in [0, 0.1) is 0 Å². The maximum absolute atomic E-state index is 11.1. The van der Waals surface area contributed by atoms with Crippen LogP contribution < -0.4 is 26.9 Å². The fourth-order valence-electron chi connectivity index (χ4n) is 2.82. The third kappa shape index (κ3) is 12.3. The Kier molecular flexibility index (Phi) is 13.4. The lowest BCUT2D eigenvalue weighted by atomic mass is 9.96. The van der Waals surface area contributed by atoms with Gasteiger partial charge in [0.25, 0.3) is 0 Å². The van der Waals surface area contributed by atoms with Crippen LogP contribution in [0.1, 0.15) is 36.8 Å². The number of pyridine rings is 1. The zero-order valence-electron chi connectivity index (χ0n) is 19.0. The SMILES string of the molecule is N[C@@H](CCCC[n+]1cc(O)c(C[C@H](N)C(=O)O)c(CC[C@H](N)C(=O)O)c1)C(=O)O.O=C([O-])C(F)(F)F. The van der Waals surface area contributed by atoms with Gasteiger partial charge >= 0.3 is 24.1 Å². The Labute approximate surface area is 202 Å². The van der Waals surface area contributed by atoms with Gasteiger partial charge in [0.2, 0.25) is 6.20 Å². The molecular formula is C20H29F3N4O9. The first kappa shape index (κ1) is 32.5. The number of rotatable bonds is 13. The lowest BCUT2D eigenvalue weighted by Gasteiger charge is -2.14. The van der Waals surface area contributed by atoms with E-state index in [1.54, 1.807) is 10.8 Å². The second-order valence-electron chi connectivity index (χ2n) is 7.74. The van der Waals surface area contributed by atoms with E-state index in [1.165, 1.54) is 6.20 Å². The number of aryl methyl sites for hydroxylation is 2. The van der Waals surface area contributed by atoms with E-state index in [2.05, 4.69) is 0 Å². The Balaban J connectivity index is 0.00000152. The normalized spacial score (nSPS) is 13.6. The van der Waals surface area contributed by atoms with Crippen molar-refractivity contribution in [1.29, 1.82) is 0 Å². The molecule has 36 heavy (non-hydrogen) atoms. The molecule has 0 saturated heterocycles. The summed E-state index contributed by atoms with van der Waals surface area (Å²) in [5.41, 5.74) is 17.5. The minimum Gasteiger partial charge on any atom is -0.542 e. The first-order valence-corrected chi connectivity index (χ1v) is 10.4. The van der Waals surface area contributed by atoms with Crippen molar-refractivity contribution in [2.45, 2.75) is 69.4 Å². The molecule has 0 aliphatic carbocycles. The second kappa shape index (κ2) is 14.8. The van der Waals surface area contributed by atoms with Crippen molar-refractivity contribution in [2.75, 3.05) is 0 Å². The lowest BCUT2D eigenvalue weighted by molar-refractivity contribution is -0.698. The van der Waals surface area contributed by atoms with Crippen LogP contribution in [0.2, 0.25) is 0 Å². The first-order valence-electron chi connectivity index (χ1n) is 10.4. The van der Waals surface area contributed by atoms with Gasteiger partial charge in [0.1, 0.15) is 30.6 Å². The van der Waals surface area contributed by atoms with Gasteiger partial charge in [-0.2, -0.15) is 13.2 Å². The minimum atomic E-state index is -5.19. The molecule has 13 nitrogen and oxygen atoms in total. The Morgan fingerprint density at radius 3 is 1.81 bits per heavy atom. The highest BCUT2D eigenvalue weighted by molar-refractivity contribution is 5.74.